The van der Waals surface area contributed by atoms with Gasteiger partial charge in [-0.2, -0.15) is 0 Å². The monoisotopic (exact) mass is 618 g/mol. The first-order valence-corrected chi connectivity index (χ1v) is 17.7. The van der Waals surface area contributed by atoms with Gasteiger partial charge in [-0.05, 0) is 104 Å². The maximum absolute atomic E-state index is 5.40. The molecule has 3 aliphatic heterocycles. The summed E-state index contributed by atoms with van der Waals surface area (Å²) in [5.74, 6) is 1.07. The fraction of sp³-hybridized carbons (Fsp3) is 0.349. The number of pyridine rings is 1. The lowest BCUT2D eigenvalue weighted by atomic mass is 9.80. The molecule has 5 unspecified atom stereocenters. The van der Waals surface area contributed by atoms with Crippen LogP contribution in [0.2, 0.25) is 0 Å². The van der Waals surface area contributed by atoms with E-state index in [-0.39, 0.29) is 18.0 Å². The van der Waals surface area contributed by atoms with Crippen molar-refractivity contribution in [2.75, 3.05) is 0 Å². The van der Waals surface area contributed by atoms with Crippen molar-refractivity contribution >= 4 is 23.8 Å². The van der Waals surface area contributed by atoms with Crippen LogP contribution >= 0.6 is 0 Å². The zero-order valence-electron chi connectivity index (χ0n) is 27.8. The first kappa shape index (κ1) is 31.2. The molecule has 0 saturated carbocycles. The molecule has 0 N–H and O–H groups in total. The van der Waals surface area contributed by atoms with Crippen LogP contribution in [0.3, 0.4) is 0 Å². The van der Waals surface area contributed by atoms with Crippen molar-refractivity contribution in [3.05, 3.63) is 142 Å². The fourth-order valence-corrected chi connectivity index (χ4v) is 7.77. The summed E-state index contributed by atoms with van der Waals surface area (Å²) >= 11 is 0. The van der Waals surface area contributed by atoms with E-state index in [1.54, 1.807) is 0 Å². The molecule has 0 spiro atoms. The highest BCUT2D eigenvalue weighted by Crippen LogP contribution is 2.40. The summed E-state index contributed by atoms with van der Waals surface area (Å²) in [6, 6.07) is 11.6. The molecule has 0 bridgehead atoms. The maximum Gasteiger partial charge on any atom is 0.0983 e. The number of aromatic nitrogens is 1. The van der Waals surface area contributed by atoms with Gasteiger partial charge in [-0.15, -0.1) is 0 Å². The number of nitrogens with zero attached hydrogens (tertiary/aromatic N) is 4. The predicted molar refractivity (Wildman–Crippen MR) is 199 cm³/mol. The third kappa shape index (κ3) is 6.83. The first-order valence-electron chi connectivity index (χ1n) is 17.7. The smallest absolute Gasteiger partial charge is 0.0983 e. The Bertz CT molecular complexity index is 1790. The summed E-state index contributed by atoms with van der Waals surface area (Å²) in [4.78, 5) is 20.5. The molecular formula is C43H46N4. The molecule has 0 amide bonds. The number of aryl methyl sites for hydroxylation is 1. The highest BCUT2D eigenvalue weighted by atomic mass is 14.9. The Morgan fingerprint density at radius 2 is 1.79 bits per heavy atom. The van der Waals surface area contributed by atoms with Crippen LogP contribution in [0.5, 0.6) is 0 Å². The van der Waals surface area contributed by atoms with Gasteiger partial charge in [0, 0.05) is 36.4 Å². The number of fused-ring (bicyclic) bond motifs is 1. The summed E-state index contributed by atoms with van der Waals surface area (Å²) in [5.41, 5.74) is 11.0. The molecule has 5 atom stereocenters. The molecule has 2 aromatic rings. The minimum absolute atomic E-state index is 0.00709. The molecule has 2 aliphatic carbocycles. The third-order valence-corrected chi connectivity index (χ3v) is 10.4. The van der Waals surface area contributed by atoms with Crippen molar-refractivity contribution in [2.45, 2.75) is 89.1 Å². The van der Waals surface area contributed by atoms with E-state index in [4.69, 9.17) is 20.0 Å². The van der Waals surface area contributed by atoms with Crippen molar-refractivity contribution in [1.82, 2.24) is 4.98 Å². The highest BCUT2D eigenvalue weighted by Gasteiger charge is 2.30. The fourth-order valence-electron chi connectivity index (χ4n) is 7.77. The van der Waals surface area contributed by atoms with E-state index in [0.29, 0.717) is 11.8 Å². The van der Waals surface area contributed by atoms with Crippen molar-refractivity contribution in [3.8, 4) is 0 Å². The summed E-state index contributed by atoms with van der Waals surface area (Å²) in [7, 11) is 0. The highest BCUT2D eigenvalue weighted by molar-refractivity contribution is 6.01. The van der Waals surface area contributed by atoms with E-state index < -0.39 is 0 Å². The van der Waals surface area contributed by atoms with Crippen LogP contribution in [-0.4, -0.2) is 29.2 Å². The molecule has 4 heteroatoms. The van der Waals surface area contributed by atoms with Crippen LogP contribution in [-0.2, 0) is 6.42 Å². The Kier molecular flexibility index (Phi) is 9.65. The molecule has 1 aromatic carbocycles. The molecule has 7 rings (SSSR count). The summed E-state index contributed by atoms with van der Waals surface area (Å²) in [6.07, 6.45) is 39.0. The lowest BCUT2D eigenvalue weighted by molar-refractivity contribution is 0.525. The molecule has 0 fully saturated rings. The molecule has 0 radical (unpaired) electrons. The van der Waals surface area contributed by atoms with Gasteiger partial charge in [-0.3, -0.25) is 20.0 Å². The van der Waals surface area contributed by atoms with Gasteiger partial charge in [-0.1, -0.05) is 91.9 Å². The molecule has 4 nitrogen and oxygen atoms in total. The average molecular weight is 619 g/mol. The quantitative estimate of drug-likeness (QED) is 0.297. The van der Waals surface area contributed by atoms with E-state index in [2.05, 4.69) is 111 Å². The van der Waals surface area contributed by atoms with Crippen LogP contribution in [0.4, 0.5) is 0 Å². The maximum atomic E-state index is 5.40. The van der Waals surface area contributed by atoms with Gasteiger partial charge in [0.1, 0.15) is 0 Å². The zero-order chi connectivity index (χ0) is 32.0. The van der Waals surface area contributed by atoms with Gasteiger partial charge in [0.05, 0.1) is 29.2 Å². The zero-order valence-corrected chi connectivity index (χ0v) is 27.8. The lowest BCUT2D eigenvalue weighted by Crippen LogP contribution is -2.31. The van der Waals surface area contributed by atoms with Gasteiger partial charge >= 0.3 is 0 Å². The van der Waals surface area contributed by atoms with Crippen molar-refractivity contribution < 1.29 is 0 Å². The molecule has 0 saturated heterocycles. The number of hydrogen-bond acceptors (Lipinski definition) is 4. The Hall–Kier alpha value is -4.44. The number of benzene rings is 1. The Morgan fingerprint density at radius 1 is 0.872 bits per heavy atom. The minimum atomic E-state index is 0.00709. The van der Waals surface area contributed by atoms with Crippen LogP contribution in [0.1, 0.15) is 105 Å². The number of dihydropyridines is 1. The number of hydrogen-bond donors (Lipinski definition) is 0. The van der Waals surface area contributed by atoms with E-state index in [9.17, 15) is 0 Å². The molecule has 238 valence electrons. The molecule has 47 heavy (non-hydrogen) atoms. The van der Waals surface area contributed by atoms with E-state index in [1.807, 2.05) is 18.4 Å². The molecule has 4 heterocycles. The lowest BCUT2D eigenvalue weighted by Gasteiger charge is -2.30. The van der Waals surface area contributed by atoms with Crippen LogP contribution in [0.25, 0.3) is 5.70 Å². The van der Waals surface area contributed by atoms with Gasteiger partial charge < -0.3 is 0 Å². The van der Waals surface area contributed by atoms with Crippen LogP contribution in [0, 0.1) is 5.92 Å². The standard InChI is InChI=1S/C43H46N4/c1-3-31-27-36(32-15-8-6-9-16-32)29-46-42(31)41-30(2)37(24-26-45-41)34-19-13-20-35(28-34)39-22-14-23-40(47-39)43-38-21-11-10-18-33(38)17-7-4-5-12-25-44-43/h4-5,7-8,10,12-15,17-20,23,25-29,32,37-39,43H,3,6,9,11,16,21-22,24H2,1-2H3/b7-4-,12-5-,33-17+,44-25?. The largest absolute Gasteiger partial charge is 0.283 e. The van der Waals surface area contributed by atoms with Gasteiger partial charge in [0.2, 0.25) is 0 Å². The molecule has 5 aliphatic rings. The Labute approximate surface area is 280 Å². The SMILES string of the molecule is CCc1cc(C2C=CCCC2)cnc1C1=C(C)C(c2cccc(C3CC=CC(C4N=C\C=C/C=C\C=C5/C=CCCC54)=N3)c2)CC=N1. The number of allylic oxidation sites excluding steroid dienone is 10. The third-order valence-electron chi connectivity index (χ3n) is 10.4. The van der Waals surface area contributed by atoms with Crippen molar-refractivity contribution in [3.63, 3.8) is 0 Å². The van der Waals surface area contributed by atoms with E-state index >= 15 is 0 Å². The van der Waals surface area contributed by atoms with Gasteiger partial charge in [-0.25, -0.2) is 0 Å². The van der Waals surface area contributed by atoms with Crippen molar-refractivity contribution in [2.24, 2.45) is 20.9 Å². The van der Waals surface area contributed by atoms with Crippen LogP contribution < -0.4 is 0 Å². The van der Waals surface area contributed by atoms with Gasteiger partial charge in [0.25, 0.3) is 0 Å². The second kappa shape index (κ2) is 14.5. The normalized spacial score (nSPS) is 29.5. The minimum Gasteiger partial charge on any atom is -0.283 e. The van der Waals surface area contributed by atoms with E-state index in [0.717, 1.165) is 49.2 Å². The Morgan fingerprint density at radius 3 is 2.68 bits per heavy atom. The number of rotatable bonds is 6. The molecule has 1 aromatic heterocycles. The second-order valence-electron chi connectivity index (χ2n) is 13.4. The average Bonchev–Trinajstić information content (AvgIpc) is 3.14. The topological polar surface area (TPSA) is 50.0 Å². The summed E-state index contributed by atoms with van der Waals surface area (Å²) in [5, 5.41) is 0. The second-order valence-corrected chi connectivity index (χ2v) is 13.4. The first-order chi connectivity index (χ1) is 23.2. The van der Waals surface area contributed by atoms with Crippen molar-refractivity contribution in [1.29, 1.82) is 0 Å². The number of aliphatic imine (C=N–C) groups is 3. The van der Waals surface area contributed by atoms with Gasteiger partial charge in [0.15, 0.2) is 0 Å². The summed E-state index contributed by atoms with van der Waals surface area (Å²) in [6.45, 7) is 4.49. The van der Waals surface area contributed by atoms with E-state index in [1.165, 1.54) is 52.7 Å². The Balaban J connectivity index is 1.17. The van der Waals surface area contributed by atoms with Crippen LogP contribution in [0.15, 0.2) is 129 Å². The predicted octanol–water partition coefficient (Wildman–Crippen LogP) is 10.4. The molecular weight excluding hydrogens is 573 g/mol. The summed E-state index contributed by atoms with van der Waals surface area (Å²) < 4.78 is 0.